The van der Waals surface area contributed by atoms with Crippen molar-refractivity contribution in [3.05, 3.63) is 48.0 Å². The van der Waals surface area contributed by atoms with Crippen LogP contribution in [0.3, 0.4) is 0 Å². The van der Waals surface area contributed by atoms with Gasteiger partial charge in [-0.05, 0) is 30.3 Å². The quantitative estimate of drug-likeness (QED) is 0.631. The summed E-state index contributed by atoms with van der Waals surface area (Å²) < 4.78 is 10.5. The molecule has 0 radical (unpaired) electrons. The lowest BCUT2D eigenvalue weighted by Crippen LogP contribution is -2.29. The Morgan fingerprint density at radius 1 is 1.04 bits per heavy atom. The third-order valence-corrected chi connectivity index (χ3v) is 3.87. The topological polar surface area (TPSA) is 91.3 Å². The third kappa shape index (κ3) is 4.87. The second kappa shape index (κ2) is 9.65. The lowest BCUT2D eigenvalue weighted by Gasteiger charge is -2.23. The Bertz CT molecular complexity index is 730. The Balaban J connectivity index is 2.24. The van der Waals surface area contributed by atoms with Crippen LogP contribution in [0.1, 0.15) is 10.4 Å². The highest BCUT2D eigenvalue weighted by Crippen LogP contribution is 2.29. The van der Waals surface area contributed by atoms with Gasteiger partial charge in [0.15, 0.2) is 0 Å². The number of carbonyl (C=O) groups is 1. The Hall–Kier alpha value is -2.77. The van der Waals surface area contributed by atoms with E-state index in [4.69, 9.17) is 9.47 Å². The van der Waals surface area contributed by atoms with Crippen LogP contribution >= 0.6 is 0 Å². The number of anilines is 2. The molecule has 0 heterocycles. The van der Waals surface area contributed by atoms with Crippen LogP contribution in [0.2, 0.25) is 0 Å². The van der Waals surface area contributed by atoms with E-state index >= 15 is 0 Å². The first-order valence-corrected chi connectivity index (χ1v) is 8.23. The van der Waals surface area contributed by atoms with E-state index in [9.17, 15) is 15.0 Å². The highest BCUT2D eigenvalue weighted by Gasteiger charge is 2.13. The molecule has 26 heavy (non-hydrogen) atoms. The Labute approximate surface area is 152 Å². The van der Waals surface area contributed by atoms with Crippen LogP contribution in [-0.2, 0) is 0 Å². The number of ether oxygens (including phenoxy) is 2. The molecule has 3 N–H and O–H groups in total. The van der Waals surface area contributed by atoms with Gasteiger partial charge in [0, 0.05) is 30.4 Å². The molecule has 0 atom stereocenters. The zero-order chi connectivity index (χ0) is 18.9. The van der Waals surface area contributed by atoms with E-state index in [1.165, 1.54) is 7.11 Å². The smallest absolute Gasteiger partial charge is 0.255 e. The van der Waals surface area contributed by atoms with E-state index in [1.807, 2.05) is 11.0 Å². The molecule has 0 saturated carbocycles. The normalized spacial score (nSPS) is 10.3. The molecule has 0 aliphatic heterocycles. The molecule has 0 spiro atoms. The lowest BCUT2D eigenvalue weighted by molar-refractivity contribution is 0.102. The molecule has 0 aliphatic carbocycles. The number of hydrogen-bond donors (Lipinski definition) is 3. The summed E-state index contributed by atoms with van der Waals surface area (Å²) in [5, 5.41) is 21.2. The molecule has 1 amide bonds. The number of benzene rings is 2. The number of rotatable bonds is 9. The van der Waals surface area contributed by atoms with Crippen molar-refractivity contribution in [3.8, 4) is 11.5 Å². The molecule has 0 unspecified atom stereocenters. The van der Waals surface area contributed by atoms with Crippen molar-refractivity contribution >= 4 is 17.3 Å². The summed E-state index contributed by atoms with van der Waals surface area (Å²) in [6, 6.07) is 12.1. The van der Waals surface area contributed by atoms with E-state index < -0.39 is 0 Å². The summed E-state index contributed by atoms with van der Waals surface area (Å²) in [6.45, 7) is 0.652. The second-order valence-electron chi connectivity index (χ2n) is 5.50. The monoisotopic (exact) mass is 360 g/mol. The fraction of sp³-hybridized carbons (Fsp3) is 0.316. The number of aliphatic hydroxyl groups excluding tert-OH is 2. The summed E-state index contributed by atoms with van der Waals surface area (Å²) in [5.74, 6) is 0.829. The largest absolute Gasteiger partial charge is 0.497 e. The standard InChI is InChI=1S/C19H24N2O5/c1-25-16-6-7-18(26-2)17(13-16)20-19(24)14-4-3-5-15(12-14)21(8-10-22)9-11-23/h3-7,12-13,22-23H,8-11H2,1-2H3,(H,20,24). The average molecular weight is 360 g/mol. The zero-order valence-corrected chi connectivity index (χ0v) is 14.9. The molecule has 0 aliphatic rings. The fourth-order valence-corrected chi connectivity index (χ4v) is 2.56. The number of hydrogen-bond acceptors (Lipinski definition) is 6. The van der Waals surface area contributed by atoms with Crippen LogP contribution in [-0.4, -0.2) is 56.6 Å². The van der Waals surface area contributed by atoms with Crippen molar-refractivity contribution < 1.29 is 24.5 Å². The van der Waals surface area contributed by atoms with Crippen molar-refractivity contribution in [2.75, 3.05) is 50.7 Å². The van der Waals surface area contributed by atoms with Gasteiger partial charge in [0.1, 0.15) is 11.5 Å². The minimum absolute atomic E-state index is 0.0442. The van der Waals surface area contributed by atoms with Crippen molar-refractivity contribution in [2.45, 2.75) is 0 Å². The predicted octanol–water partition coefficient (Wildman–Crippen LogP) is 1.75. The predicted molar refractivity (Wildman–Crippen MR) is 100 cm³/mol. The maximum atomic E-state index is 12.6. The minimum atomic E-state index is -0.300. The molecule has 7 nitrogen and oxygen atoms in total. The van der Waals surface area contributed by atoms with Gasteiger partial charge in [0.25, 0.3) is 5.91 Å². The van der Waals surface area contributed by atoms with Crippen LogP contribution in [0.5, 0.6) is 11.5 Å². The number of nitrogens with zero attached hydrogens (tertiary/aromatic N) is 1. The second-order valence-corrected chi connectivity index (χ2v) is 5.50. The number of aliphatic hydroxyl groups is 2. The summed E-state index contributed by atoms with van der Waals surface area (Å²) >= 11 is 0. The fourth-order valence-electron chi connectivity index (χ4n) is 2.56. The first-order chi connectivity index (χ1) is 12.6. The molecule has 2 aromatic carbocycles. The average Bonchev–Trinajstić information content (AvgIpc) is 2.67. The summed E-state index contributed by atoms with van der Waals surface area (Å²) in [5.41, 5.74) is 1.71. The molecule has 2 aromatic rings. The highest BCUT2D eigenvalue weighted by atomic mass is 16.5. The van der Waals surface area contributed by atoms with E-state index in [1.54, 1.807) is 43.5 Å². The number of nitrogens with one attached hydrogen (secondary N) is 1. The zero-order valence-electron chi connectivity index (χ0n) is 14.9. The molecule has 140 valence electrons. The van der Waals surface area contributed by atoms with E-state index in [-0.39, 0.29) is 19.1 Å². The van der Waals surface area contributed by atoms with Gasteiger partial charge in [-0.1, -0.05) is 6.07 Å². The maximum Gasteiger partial charge on any atom is 0.255 e. The van der Waals surface area contributed by atoms with E-state index in [2.05, 4.69) is 5.32 Å². The molecule has 0 bridgehead atoms. The van der Waals surface area contributed by atoms with Gasteiger partial charge in [-0.3, -0.25) is 4.79 Å². The first-order valence-electron chi connectivity index (χ1n) is 8.23. The van der Waals surface area contributed by atoms with Gasteiger partial charge in [-0.2, -0.15) is 0 Å². The molecule has 7 heteroatoms. The minimum Gasteiger partial charge on any atom is -0.497 e. The van der Waals surface area contributed by atoms with Gasteiger partial charge in [-0.15, -0.1) is 0 Å². The lowest BCUT2D eigenvalue weighted by atomic mass is 10.1. The molecule has 2 rings (SSSR count). The van der Waals surface area contributed by atoms with Crippen molar-refractivity contribution in [1.82, 2.24) is 0 Å². The van der Waals surface area contributed by atoms with Crippen LogP contribution in [0, 0.1) is 0 Å². The van der Waals surface area contributed by atoms with Crippen LogP contribution in [0.15, 0.2) is 42.5 Å². The molecular weight excluding hydrogens is 336 g/mol. The van der Waals surface area contributed by atoms with Crippen molar-refractivity contribution in [1.29, 1.82) is 0 Å². The first kappa shape index (κ1) is 19.6. The Morgan fingerprint density at radius 2 is 1.77 bits per heavy atom. The number of methoxy groups -OCH3 is 2. The van der Waals surface area contributed by atoms with Gasteiger partial charge in [0.05, 0.1) is 33.1 Å². The summed E-state index contributed by atoms with van der Waals surface area (Å²) in [7, 11) is 3.08. The van der Waals surface area contributed by atoms with Crippen LogP contribution in [0.4, 0.5) is 11.4 Å². The van der Waals surface area contributed by atoms with Gasteiger partial charge >= 0.3 is 0 Å². The molecule has 0 fully saturated rings. The maximum absolute atomic E-state index is 12.6. The van der Waals surface area contributed by atoms with Gasteiger partial charge in [0.2, 0.25) is 0 Å². The third-order valence-electron chi connectivity index (χ3n) is 3.87. The summed E-state index contributed by atoms with van der Waals surface area (Å²) in [6.07, 6.45) is 0. The van der Waals surface area contributed by atoms with E-state index in [0.717, 1.165) is 5.69 Å². The molecule has 0 aromatic heterocycles. The Kier molecular flexibility index (Phi) is 7.25. The SMILES string of the molecule is COc1ccc(OC)c(NC(=O)c2cccc(N(CCO)CCO)c2)c1. The van der Waals surface area contributed by atoms with Crippen LogP contribution in [0.25, 0.3) is 0 Å². The number of carbonyl (C=O) groups excluding carboxylic acids is 1. The Morgan fingerprint density at radius 3 is 2.38 bits per heavy atom. The number of amides is 1. The highest BCUT2D eigenvalue weighted by molar-refractivity contribution is 6.05. The van der Waals surface area contributed by atoms with Crippen molar-refractivity contribution in [3.63, 3.8) is 0 Å². The van der Waals surface area contributed by atoms with Gasteiger partial charge < -0.3 is 29.9 Å². The van der Waals surface area contributed by atoms with E-state index in [0.29, 0.717) is 35.8 Å². The van der Waals surface area contributed by atoms with Gasteiger partial charge in [-0.25, -0.2) is 0 Å². The molecule has 0 saturated heterocycles. The van der Waals surface area contributed by atoms with Crippen molar-refractivity contribution in [2.24, 2.45) is 0 Å². The summed E-state index contributed by atoms with van der Waals surface area (Å²) in [4.78, 5) is 14.5. The molecular formula is C19H24N2O5. The van der Waals surface area contributed by atoms with Crippen LogP contribution < -0.4 is 19.7 Å².